The molecule has 0 spiro atoms. The van der Waals surface area contributed by atoms with Crippen molar-refractivity contribution in [2.45, 2.75) is 70.9 Å². The van der Waals surface area contributed by atoms with E-state index in [1.165, 1.54) is 58.0 Å². The third kappa shape index (κ3) is 2.98. The highest BCUT2D eigenvalue weighted by molar-refractivity contribution is 4.89. The Hall–Kier alpha value is -0.0800. The lowest BCUT2D eigenvalue weighted by Crippen LogP contribution is -2.52. The van der Waals surface area contributed by atoms with E-state index in [0.29, 0.717) is 17.5 Å². The number of rotatable bonds is 1. The Morgan fingerprint density at radius 2 is 1.81 bits per heavy atom. The number of nitrogens with zero attached hydrogens (tertiary/aromatic N) is 1. The van der Waals surface area contributed by atoms with E-state index >= 15 is 0 Å². The fourth-order valence-corrected chi connectivity index (χ4v) is 3.52. The zero-order chi connectivity index (χ0) is 11.6. The predicted molar refractivity (Wildman–Crippen MR) is 69.4 cm³/mol. The van der Waals surface area contributed by atoms with E-state index in [-0.39, 0.29) is 0 Å². The largest absolute Gasteiger partial charge is 0.326 e. The Labute approximate surface area is 101 Å². The zero-order valence-electron chi connectivity index (χ0n) is 11.0. The molecule has 2 atom stereocenters. The van der Waals surface area contributed by atoms with Gasteiger partial charge in [0, 0.05) is 18.6 Å². The summed E-state index contributed by atoms with van der Waals surface area (Å²) in [4.78, 5) is 2.69. The van der Waals surface area contributed by atoms with Crippen molar-refractivity contribution < 1.29 is 0 Å². The van der Waals surface area contributed by atoms with Crippen LogP contribution in [0.4, 0.5) is 0 Å². The standard InChI is InChI=1S/C14H28N2/c1-14(2)9-6-10-16(11-14)13-8-5-3-4-7-12(13)15/h12-13H,3-11,15H2,1-2H3. The number of hydrogen-bond donors (Lipinski definition) is 1. The van der Waals surface area contributed by atoms with Crippen LogP contribution in [-0.4, -0.2) is 30.1 Å². The molecule has 0 aromatic heterocycles. The summed E-state index contributed by atoms with van der Waals surface area (Å²) in [6, 6.07) is 1.10. The first kappa shape index (κ1) is 12.4. The maximum Gasteiger partial charge on any atom is 0.0247 e. The van der Waals surface area contributed by atoms with Crippen LogP contribution in [0.3, 0.4) is 0 Å². The summed E-state index contributed by atoms with van der Waals surface area (Å²) in [5.41, 5.74) is 6.86. The SMILES string of the molecule is CC1(C)CCCN(C2CCCCCC2N)C1. The third-order valence-corrected chi connectivity index (χ3v) is 4.43. The molecular weight excluding hydrogens is 196 g/mol. The van der Waals surface area contributed by atoms with E-state index in [1.807, 2.05) is 0 Å². The van der Waals surface area contributed by atoms with Gasteiger partial charge in [0.25, 0.3) is 0 Å². The second kappa shape index (κ2) is 5.05. The summed E-state index contributed by atoms with van der Waals surface area (Å²) < 4.78 is 0. The minimum Gasteiger partial charge on any atom is -0.326 e. The van der Waals surface area contributed by atoms with Gasteiger partial charge in [-0.15, -0.1) is 0 Å². The third-order valence-electron chi connectivity index (χ3n) is 4.43. The fraction of sp³-hybridized carbons (Fsp3) is 1.00. The molecule has 0 aromatic carbocycles. The Morgan fingerprint density at radius 3 is 2.56 bits per heavy atom. The summed E-state index contributed by atoms with van der Waals surface area (Å²) in [5.74, 6) is 0. The molecule has 0 aromatic rings. The molecule has 0 radical (unpaired) electrons. The minimum atomic E-state index is 0.427. The maximum atomic E-state index is 6.36. The summed E-state index contributed by atoms with van der Waals surface area (Å²) in [7, 11) is 0. The van der Waals surface area contributed by atoms with Gasteiger partial charge in [0.15, 0.2) is 0 Å². The molecule has 2 aliphatic rings. The second-order valence-corrected chi connectivity index (χ2v) is 6.61. The predicted octanol–water partition coefficient (Wildman–Crippen LogP) is 2.77. The van der Waals surface area contributed by atoms with E-state index in [9.17, 15) is 0 Å². The lowest BCUT2D eigenvalue weighted by Gasteiger charge is -2.43. The van der Waals surface area contributed by atoms with Gasteiger partial charge < -0.3 is 5.73 Å². The molecule has 2 N–H and O–H groups in total. The fourth-order valence-electron chi connectivity index (χ4n) is 3.52. The van der Waals surface area contributed by atoms with Gasteiger partial charge in [0.1, 0.15) is 0 Å². The van der Waals surface area contributed by atoms with E-state index in [2.05, 4.69) is 18.7 Å². The van der Waals surface area contributed by atoms with E-state index < -0.39 is 0 Å². The van der Waals surface area contributed by atoms with Crippen LogP contribution < -0.4 is 5.73 Å². The van der Waals surface area contributed by atoms with Crippen LogP contribution in [0, 0.1) is 5.41 Å². The minimum absolute atomic E-state index is 0.427. The van der Waals surface area contributed by atoms with Crippen LogP contribution in [0.2, 0.25) is 0 Å². The summed E-state index contributed by atoms with van der Waals surface area (Å²) >= 11 is 0. The van der Waals surface area contributed by atoms with Crippen LogP contribution >= 0.6 is 0 Å². The van der Waals surface area contributed by atoms with E-state index in [4.69, 9.17) is 5.73 Å². The number of hydrogen-bond acceptors (Lipinski definition) is 2. The van der Waals surface area contributed by atoms with Gasteiger partial charge in [-0.2, -0.15) is 0 Å². The lowest BCUT2D eigenvalue weighted by atomic mass is 9.82. The van der Waals surface area contributed by atoms with Gasteiger partial charge in [0.05, 0.1) is 0 Å². The molecule has 1 saturated heterocycles. The maximum absolute atomic E-state index is 6.36. The van der Waals surface area contributed by atoms with Crippen LogP contribution in [0.1, 0.15) is 58.8 Å². The molecule has 2 heteroatoms. The highest BCUT2D eigenvalue weighted by atomic mass is 15.2. The highest BCUT2D eigenvalue weighted by Gasteiger charge is 2.33. The van der Waals surface area contributed by atoms with Crippen molar-refractivity contribution in [3.05, 3.63) is 0 Å². The Bertz CT molecular complexity index is 225. The molecule has 94 valence electrons. The Balaban J connectivity index is 1.98. The molecule has 2 rings (SSSR count). The van der Waals surface area contributed by atoms with Gasteiger partial charge in [-0.25, -0.2) is 0 Å². The summed E-state index contributed by atoms with van der Waals surface area (Å²) in [5, 5.41) is 0. The highest BCUT2D eigenvalue weighted by Crippen LogP contribution is 2.32. The molecule has 1 saturated carbocycles. The van der Waals surface area contributed by atoms with Crippen molar-refractivity contribution in [3.8, 4) is 0 Å². The van der Waals surface area contributed by atoms with E-state index in [1.54, 1.807) is 0 Å². The molecule has 2 nitrogen and oxygen atoms in total. The van der Waals surface area contributed by atoms with Crippen molar-refractivity contribution in [2.24, 2.45) is 11.1 Å². The lowest BCUT2D eigenvalue weighted by molar-refractivity contribution is 0.0638. The molecule has 2 unspecified atom stereocenters. The van der Waals surface area contributed by atoms with Gasteiger partial charge in [-0.3, -0.25) is 4.90 Å². The molecular formula is C14H28N2. The molecule has 0 bridgehead atoms. The van der Waals surface area contributed by atoms with Crippen molar-refractivity contribution in [2.75, 3.05) is 13.1 Å². The summed E-state index contributed by atoms with van der Waals surface area (Å²) in [6.45, 7) is 7.34. The number of piperidine rings is 1. The van der Waals surface area contributed by atoms with Gasteiger partial charge >= 0.3 is 0 Å². The van der Waals surface area contributed by atoms with Crippen LogP contribution in [-0.2, 0) is 0 Å². The second-order valence-electron chi connectivity index (χ2n) is 6.61. The monoisotopic (exact) mass is 224 g/mol. The first-order chi connectivity index (χ1) is 7.58. The molecule has 2 fully saturated rings. The topological polar surface area (TPSA) is 29.3 Å². The summed E-state index contributed by atoms with van der Waals surface area (Å²) in [6.07, 6.45) is 9.42. The Kier molecular flexibility index (Phi) is 3.91. The molecule has 1 aliphatic heterocycles. The quantitative estimate of drug-likeness (QED) is 0.694. The molecule has 1 heterocycles. The molecule has 16 heavy (non-hydrogen) atoms. The average Bonchev–Trinajstić information content (AvgIpc) is 2.41. The smallest absolute Gasteiger partial charge is 0.0247 e. The van der Waals surface area contributed by atoms with Crippen molar-refractivity contribution in [3.63, 3.8) is 0 Å². The first-order valence-corrected chi connectivity index (χ1v) is 7.08. The normalized spacial score (nSPS) is 36.9. The van der Waals surface area contributed by atoms with Crippen LogP contribution in [0.15, 0.2) is 0 Å². The zero-order valence-corrected chi connectivity index (χ0v) is 11.0. The van der Waals surface area contributed by atoms with Crippen LogP contribution in [0.25, 0.3) is 0 Å². The van der Waals surface area contributed by atoms with Gasteiger partial charge in [0.2, 0.25) is 0 Å². The number of nitrogens with two attached hydrogens (primary N) is 1. The van der Waals surface area contributed by atoms with Crippen molar-refractivity contribution in [1.29, 1.82) is 0 Å². The van der Waals surface area contributed by atoms with Crippen molar-refractivity contribution in [1.82, 2.24) is 4.90 Å². The van der Waals surface area contributed by atoms with Crippen molar-refractivity contribution >= 4 is 0 Å². The number of likely N-dealkylation sites (tertiary alicyclic amines) is 1. The average molecular weight is 224 g/mol. The van der Waals surface area contributed by atoms with E-state index in [0.717, 1.165) is 0 Å². The van der Waals surface area contributed by atoms with Gasteiger partial charge in [-0.05, 0) is 37.6 Å². The molecule has 1 aliphatic carbocycles. The van der Waals surface area contributed by atoms with Gasteiger partial charge in [-0.1, -0.05) is 33.1 Å². The molecule has 0 amide bonds. The Morgan fingerprint density at radius 1 is 1.06 bits per heavy atom. The van der Waals surface area contributed by atoms with Crippen LogP contribution in [0.5, 0.6) is 0 Å². The first-order valence-electron chi connectivity index (χ1n) is 7.08.